The van der Waals surface area contributed by atoms with Crippen molar-refractivity contribution < 1.29 is 19.0 Å². The number of carboxylic acid groups (broad SMARTS) is 1. The largest absolute Gasteiger partial charge is 0.488 e. The van der Waals surface area contributed by atoms with Crippen molar-refractivity contribution in [3.05, 3.63) is 77.2 Å². The first-order valence-corrected chi connectivity index (χ1v) is 10.6. The third kappa shape index (κ3) is 4.80. The third-order valence-corrected chi connectivity index (χ3v) is 5.85. The van der Waals surface area contributed by atoms with Crippen molar-refractivity contribution in [3.8, 4) is 17.0 Å². The third-order valence-electron chi connectivity index (χ3n) is 5.85. The van der Waals surface area contributed by atoms with E-state index in [1.165, 1.54) is 25.0 Å². The Morgan fingerprint density at radius 1 is 1.10 bits per heavy atom. The summed E-state index contributed by atoms with van der Waals surface area (Å²) in [5.41, 5.74) is 3.35. The Hall–Kier alpha value is -3.12. The molecule has 5 nitrogen and oxygen atoms in total. The zero-order chi connectivity index (χ0) is 21.8. The number of ether oxygens (including phenoxy) is 1. The molecule has 4 rings (SSSR count). The first kappa shape index (κ1) is 21.1. The number of carbonyl (C=O) groups is 1. The van der Waals surface area contributed by atoms with Crippen LogP contribution in [0.1, 0.15) is 34.3 Å². The van der Waals surface area contributed by atoms with Crippen molar-refractivity contribution in [3.63, 3.8) is 0 Å². The molecule has 0 amide bonds. The number of likely N-dealkylation sites (tertiary alicyclic amines) is 1. The maximum absolute atomic E-state index is 14.1. The molecule has 0 bridgehead atoms. The Morgan fingerprint density at radius 2 is 1.84 bits per heavy atom. The predicted octanol–water partition coefficient (Wildman–Crippen LogP) is 4.98. The number of hydrogen-bond donors (Lipinski definition) is 1. The average Bonchev–Trinajstić information content (AvgIpc) is 3.39. The van der Waals surface area contributed by atoms with E-state index in [0.717, 1.165) is 30.9 Å². The van der Waals surface area contributed by atoms with Gasteiger partial charge in [0, 0.05) is 30.9 Å². The molecule has 2 heterocycles. The van der Waals surface area contributed by atoms with Crippen LogP contribution in [0.4, 0.5) is 4.39 Å². The quantitative estimate of drug-likeness (QED) is 0.557. The van der Waals surface area contributed by atoms with Crippen LogP contribution in [0.25, 0.3) is 11.3 Å². The van der Waals surface area contributed by atoms with Gasteiger partial charge in [0.1, 0.15) is 18.2 Å². The van der Waals surface area contributed by atoms with Gasteiger partial charge < -0.3 is 19.3 Å². The van der Waals surface area contributed by atoms with Gasteiger partial charge in [0.25, 0.3) is 0 Å². The molecular formula is C25H27FN2O3. The first-order valence-electron chi connectivity index (χ1n) is 10.6. The summed E-state index contributed by atoms with van der Waals surface area (Å²) in [6.07, 6.45) is 4.09. The van der Waals surface area contributed by atoms with Crippen molar-refractivity contribution in [2.75, 3.05) is 19.6 Å². The molecule has 0 spiro atoms. The molecule has 1 aromatic heterocycles. The summed E-state index contributed by atoms with van der Waals surface area (Å²) in [6.45, 7) is 5.76. The molecule has 1 fully saturated rings. The van der Waals surface area contributed by atoms with E-state index in [9.17, 15) is 14.3 Å². The summed E-state index contributed by atoms with van der Waals surface area (Å²) in [5, 5.41) is 9.68. The van der Waals surface area contributed by atoms with Crippen LogP contribution in [0.2, 0.25) is 0 Å². The van der Waals surface area contributed by atoms with Gasteiger partial charge in [0.15, 0.2) is 0 Å². The van der Waals surface area contributed by atoms with Crippen molar-refractivity contribution in [1.82, 2.24) is 9.47 Å². The fourth-order valence-electron chi connectivity index (χ4n) is 4.21. The van der Waals surface area contributed by atoms with Gasteiger partial charge in [-0.05, 0) is 56.1 Å². The molecule has 0 radical (unpaired) electrons. The van der Waals surface area contributed by atoms with E-state index in [-0.39, 0.29) is 5.56 Å². The normalized spacial score (nSPS) is 14.1. The van der Waals surface area contributed by atoms with Crippen LogP contribution >= 0.6 is 0 Å². The van der Waals surface area contributed by atoms with Gasteiger partial charge in [0.05, 0.1) is 11.3 Å². The highest BCUT2D eigenvalue weighted by atomic mass is 19.1. The summed E-state index contributed by atoms with van der Waals surface area (Å²) in [7, 11) is 0. The van der Waals surface area contributed by atoms with E-state index in [0.29, 0.717) is 30.0 Å². The summed E-state index contributed by atoms with van der Waals surface area (Å²) in [6, 6.07) is 14.1. The van der Waals surface area contributed by atoms with E-state index in [2.05, 4.69) is 4.90 Å². The van der Waals surface area contributed by atoms with Gasteiger partial charge in [-0.3, -0.25) is 0 Å². The summed E-state index contributed by atoms with van der Waals surface area (Å²) in [5.74, 6) is -0.949. The second-order valence-electron chi connectivity index (χ2n) is 7.98. The number of aromatic nitrogens is 1. The van der Waals surface area contributed by atoms with Crippen LogP contribution in [-0.2, 0) is 13.2 Å². The number of carboxylic acids is 1. The van der Waals surface area contributed by atoms with Gasteiger partial charge >= 0.3 is 5.97 Å². The maximum Gasteiger partial charge on any atom is 0.337 e. The first-order chi connectivity index (χ1) is 15.0. The molecule has 31 heavy (non-hydrogen) atoms. The molecule has 6 heteroatoms. The molecule has 1 aliphatic rings. The van der Waals surface area contributed by atoms with E-state index >= 15 is 0 Å². The lowest BCUT2D eigenvalue weighted by Crippen LogP contribution is -2.24. The Bertz CT molecular complexity index is 1060. The molecular weight excluding hydrogens is 395 g/mol. The van der Waals surface area contributed by atoms with Crippen molar-refractivity contribution in [2.24, 2.45) is 0 Å². The van der Waals surface area contributed by atoms with E-state index in [1.807, 2.05) is 34.9 Å². The minimum Gasteiger partial charge on any atom is -0.488 e. The Balaban J connectivity index is 1.69. The molecule has 1 N–H and O–H groups in total. The van der Waals surface area contributed by atoms with Gasteiger partial charge in [-0.2, -0.15) is 0 Å². The van der Waals surface area contributed by atoms with Crippen LogP contribution in [-0.4, -0.2) is 40.2 Å². The highest BCUT2D eigenvalue weighted by Gasteiger charge is 2.22. The second-order valence-corrected chi connectivity index (χ2v) is 7.98. The molecule has 162 valence electrons. The van der Waals surface area contributed by atoms with Crippen LogP contribution in [0.5, 0.6) is 5.75 Å². The fraction of sp³-hybridized carbons (Fsp3) is 0.320. The molecule has 2 aromatic carbocycles. The maximum atomic E-state index is 14.1. The highest BCUT2D eigenvalue weighted by Crippen LogP contribution is 2.36. The minimum atomic E-state index is -0.965. The molecule has 0 saturated carbocycles. The summed E-state index contributed by atoms with van der Waals surface area (Å²) >= 11 is 0. The number of hydrogen-bond acceptors (Lipinski definition) is 3. The van der Waals surface area contributed by atoms with Crippen LogP contribution in [0, 0.1) is 12.7 Å². The van der Waals surface area contributed by atoms with Gasteiger partial charge in [0.2, 0.25) is 0 Å². The molecule has 1 aliphatic heterocycles. The zero-order valence-electron chi connectivity index (χ0n) is 17.7. The lowest BCUT2D eigenvalue weighted by Gasteiger charge is -2.18. The number of halogens is 1. The highest BCUT2D eigenvalue weighted by molar-refractivity contribution is 5.92. The van der Waals surface area contributed by atoms with Gasteiger partial charge in [-0.25, -0.2) is 9.18 Å². The van der Waals surface area contributed by atoms with Crippen LogP contribution < -0.4 is 4.74 Å². The van der Waals surface area contributed by atoms with Crippen LogP contribution in [0.3, 0.4) is 0 Å². The molecule has 0 unspecified atom stereocenters. The average molecular weight is 423 g/mol. The number of benzene rings is 2. The topological polar surface area (TPSA) is 54.7 Å². The lowest BCUT2D eigenvalue weighted by molar-refractivity contribution is 0.0696. The van der Waals surface area contributed by atoms with E-state index in [4.69, 9.17) is 4.74 Å². The number of aromatic carboxylic acids is 1. The predicted molar refractivity (Wildman–Crippen MR) is 118 cm³/mol. The lowest BCUT2D eigenvalue weighted by atomic mass is 10.0. The Labute approximate surface area is 181 Å². The number of rotatable bonds is 8. The standard InChI is InChI=1S/C25H27FN2O3/c1-18-22(25(29)30)16-28(14-13-27-11-5-6-12-27)24(18)21-10-9-20(26)15-23(21)31-17-19-7-3-2-4-8-19/h2-4,7-10,15-16H,5-6,11-14,17H2,1H3,(H,29,30). The fourth-order valence-corrected chi connectivity index (χ4v) is 4.21. The van der Waals surface area contributed by atoms with Crippen molar-refractivity contribution in [2.45, 2.75) is 32.9 Å². The van der Waals surface area contributed by atoms with Gasteiger partial charge in [-0.1, -0.05) is 30.3 Å². The van der Waals surface area contributed by atoms with Gasteiger partial charge in [-0.15, -0.1) is 0 Å². The monoisotopic (exact) mass is 422 g/mol. The smallest absolute Gasteiger partial charge is 0.337 e. The Kier molecular flexibility index (Phi) is 6.37. The van der Waals surface area contributed by atoms with Crippen molar-refractivity contribution >= 4 is 5.97 Å². The molecule has 0 atom stereocenters. The molecule has 3 aromatic rings. The zero-order valence-corrected chi connectivity index (χ0v) is 17.7. The second kappa shape index (κ2) is 9.35. The van der Waals surface area contributed by atoms with E-state index < -0.39 is 11.8 Å². The van der Waals surface area contributed by atoms with Crippen LogP contribution in [0.15, 0.2) is 54.7 Å². The molecule has 0 aliphatic carbocycles. The Morgan fingerprint density at radius 3 is 2.55 bits per heavy atom. The summed E-state index contributed by atoms with van der Waals surface area (Å²) < 4.78 is 22.1. The summed E-state index contributed by atoms with van der Waals surface area (Å²) in [4.78, 5) is 14.2. The SMILES string of the molecule is Cc1c(C(=O)O)cn(CCN2CCCC2)c1-c1ccc(F)cc1OCc1ccccc1. The molecule has 1 saturated heterocycles. The van der Waals surface area contributed by atoms with E-state index in [1.54, 1.807) is 19.2 Å². The number of nitrogens with zero attached hydrogens (tertiary/aromatic N) is 2. The minimum absolute atomic E-state index is 0.259. The van der Waals surface area contributed by atoms with Crippen molar-refractivity contribution in [1.29, 1.82) is 0 Å².